The van der Waals surface area contributed by atoms with Crippen LogP contribution < -0.4 is 0 Å². The number of aryl methyl sites for hydroxylation is 2. The van der Waals surface area contributed by atoms with Gasteiger partial charge in [-0.3, -0.25) is 9.59 Å². The number of rotatable bonds is 1. The quantitative estimate of drug-likeness (QED) is 0.576. The number of hydrogen-bond acceptors (Lipinski definition) is 4. The van der Waals surface area contributed by atoms with Gasteiger partial charge in [0.1, 0.15) is 0 Å². The number of nitrogens with zero attached hydrogens (tertiary/aromatic N) is 1. The summed E-state index contributed by atoms with van der Waals surface area (Å²) in [4.78, 5) is 22.0. The van der Waals surface area contributed by atoms with Crippen molar-refractivity contribution in [3.05, 3.63) is 28.8 Å². The molecule has 0 saturated carbocycles. The molecule has 0 amide bonds. The molecule has 0 aliphatic carbocycles. The fraction of sp³-hybridized carbons (Fsp3) is 0.400. The van der Waals surface area contributed by atoms with Crippen LogP contribution in [0, 0.1) is 13.8 Å². The van der Waals surface area contributed by atoms with Crippen molar-refractivity contribution in [3.63, 3.8) is 0 Å². The second kappa shape index (κ2) is 12.9. The third-order valence-corrected chi connectivity index (χ3v) is 2.64. The molecule has 1 heterocycles. The van der Waals surface area contributed by atoms with Gasteiger partial charge in [-0.2, -0.15) is 0 Å². The highest BCUT2D eigenvalue weighted by Gasteiger charge is 1.98. The molecule has 2 rings (SSSR count). The molecule has 1 aromatic heterocycles. The third-order valence-electron chi connectivity index (χ3n) is 1.71. The summed E-state index contributed by atoms with van der Waals surface area (Å²) in [7, 11) is 0. The summed E-state index contributed by atoms with van der Waals surface area (Å²) in [5.74, 6) is 0. The lowest BCUT2D eigenvalue weighted by Crippen LogP contribution is -1.70. The molecular formula is C15H23NO2S. The molecule has 0 bridgehead atoms. The zero-order valence-electron chi connectivity index (χ0n) is 12.6. The third kappa shape index (κ3) is 8.21. The smallest absolute Gasteiger partial charge is 0.182 e. The Bertz CT molecular complexity index is 472. The molecule has 3 nitrogen and oxygen atoms in total. The van der Waals surface area contributed by atoms with Gasteiger partial charge >= 0.3 is 0 Å². The standard InChI is InChI=1S/C9H9NS.C2H2O2.2C2H6/c1-6-3-4-8-9(5-6)11-7(2)10-8;3-1-2-4;2*1-2/h3-5H,1-2H3;1-2H;2*1-2H3. The van der Waals surface area contributed by atoms with E-state index in [1.807, 2.05) is 34.6 Å². The summed E-state index contributed by atoms with van der Waals surface area (Å²) in [6.07, 6.45) is 0.389. The van der Waals surface area contributed by atoms with Crippen molar-refractivity contribution in [2.45, 2.75) is 41.5 Å². The van der Waals surface area contributed by atoms with E-state index in [-0.39, 0.29) is 12.6 Å². The lowest BCUT2D eigenvalue weighted by atomic mass is 10.2. The number of benzene rings is 1. The largest absolute Gasteiger partial charge is 0.295 e. The predicted molar refractivity (Wildman–Crippen MR) is 83.9 cm³/mol. The van der Waals surface area contributed by atoms with Crippen molar-refractivity contribution >= 4 is 34.1 Å². The minimum atomic E-state index is 0.194. The molecule has 0 aliphatic rings. The summed E-state index contributed by atoms with van der Waals surface area (Å²) in [6.45, 7) is 12.1. The molecule has 19 heavy (non-hydrogen) atoms. The monoisotopic (exact) mass is 281 g/mol. The van der Waals surface area contributed by atoms with Crippen LogP contribution in [-0.2, 0) is 9.59 Å². The Morgan fingerprint density at radius 1 is 1.00 bits per heavy atom. The van der Waals surface area contributed by atoms with Crippen LogP contribution in [-0.4, -0.2) is 17.6 Å². The topological polar surface area (TPSA) is 47.0 Å². The molecule has 2 aromatic rings. The van der Waals surface area contributed by atoms with Gasteiger partial charge in [0, 0.05) is 0 Å². The van der Waals surface area contributed by atoms with Crippen LogP contribution >= 0.6 is 11.3 Å². The van der Waals surface area contributed by atoms with Crippen LogP contribution in [0.25, 0.3) is 10.2 Å². The Hall–Kier alpha value is -1.55. The van der Waals surface area contributed by atoms with Crippen LogP contribution in [0.1, 0.15) is 38.3 Å². The minimum Gasteiger partial charge on any atom is -0.295 e. The Labute approximate surface area is 119 Å². The summed E-state index contributed by atoms with van der Waals surface area (Å²) in [5, 5.41) is 1.14. The van der Waals surface area contributed by atoms with Crippen molar-refractivity contribution in [1.82, 2.24) is 4.98 Å². The highest BCUT2D eigenvalue weighted by molar-refractivity contribution is 7.18. The van der Waals surface area contributed by atoms with Gasteiger partial charge in [0.2, 0.25) is 0 Å². The van der Waals surface area contributed by atoms with E-state index < -0.39 is 0 Å². The fourth-order valence-corrected chi connectivity index (χ4v) is 2.07. The number of hydrogen-bond donors (Lipinski definition) is 0. The van der Waals surface area contributed by atoms with Gasteiger partial charge in [-0.25, -0.2) is 4.98 Å². The normalized spacial score (nSPS) is 7.89. The lowest BCUT2D eigenvalue weighted by molar-refractivity contribution is -0.122. The van der Waals surface area contributed by atoms with Gasteiger partial charge in [0.25, 0.3) is 0 Å². The van der Waals surface area contributed by atoms with Crippen molar-refractivity contribution in [3.8, 4) is 0 Å². The maximum atomic E-state index is 8.81. The van der Waals surface area contributed by atoms with E-state index in [4.69, 9.17) is 9.59 Å². The molecule has 0 spiro atoms. The predicted octanol–water partition coefficient (Wildman–Crippen LogP) is 4.35. The average Bonchev–Trinajstić information content (AvgIpc) is 2.83. The molecule has 0 aliphatic heterocycles. The Morgan fingerprint density at radius 3 is 2.00 bits per heavy atom. The maximum absolute atomic E-state index is 8.81. The molecule has 0 unspecified atom stereocenters. The highest BCUT2D eigenvalue weighted by atomic mass is 32.1. The fourth-order valence-electron chi connectivity index (χ4n) is 1.15. The first kappa shape index (κ1) is 19.8. The summed E-state index contributed by atoms with van der Waals surface area (Å²) in [5.41, 5.74) is 2.43. The second-order valence-corrected chi connectivity index (χ2v) is 4.21. The van der Waals surface area contributed by atoms with E-state index in [0.717, 1.165) is 10.5 Å². The number of carbonyl (C=O) groups excluding carboxylic acids is 2. The Morgan fingerprint density at radius 2 is 1.53 bits per heavy atom. The number of thiazole rings is 1. The van der Waals surface area contributed by atoms with E-state index in [2.05, 4.69) is 30.1 Å². The van der Waals surface area contributed by atoms with Crippen LogP contribution in [0.4, 0.5) is 0 Å². The zero-order chi connectivity index (χ0) is 15.3. The zero-order valence-corrected chi connectivity index (χ0v) is 13.4. The van der Waals surface area contributed by atoms with Gasteiger partial charge < -0.3 is 0 Å². The summed E-state index contributed by atoms with van der Waals surface area (Å²) in [6, 6.07) is 6.36. The van der Waals surface area contributed by atoms with Gasteiger partial charge in [-0.05, 0) is 31.5 Å². The first-order valence-corrected chi connectivity index (χ1v) is 7.21. The molecule has 0 saturated heterocycles. The number of carbonyl (C=O) groups is 2. The number of aromatic nitrogens is 1. The average molecular weight is 281 g/mol. The summed E-state index contributed by atoms with van der Waals surface area (Å²) < 4.78 is 1.29. The van der Waals surface area contributed by atoms with E-state index in [9.17, 15) is 0 Å². The van der Waals surface area contributed by atoms with E-state index in [1.165, 1.54) is 10.3 Å². The van der Waals surface area contributed by atoms with Crippen LogP contribution in [0.2, 0.25) is 0 Å². The molecular weight excluding hydrogens is 258 g/mol. The summed E-state index contributed by atoms with van der Waals surface area (Å²) >= 11 is 1.76. The van der Waals surface area contributed by atoms with E-state index in [1.54, 1.807) is 11.3 Å². The van der Waals surface area contributed by atoms with Gasteiger partial charge in [-0.1, -0.05) is 33.8 Å². The first-order chi connectivity index (χ1) is 9.17. The molecule has 1 aromatic carbocycles. The van der Waals surface area contributed by atoms with Gasteiger partial charge in [-0.15, -0.1) is 11.3 Å². The Kier molecular flexibility index (Phi) is 13.4. The number of fused-ring (bicyclic) bond motifs is 1. The molecule has 0 N–H and O–H groups in total. The van der Waals surface area contributed by atoms with Crippen LogP contribution in [0.5, 0.6) is 0 Å². The van der Waals surface area contributed by atoms with Gasteiger partial charge in [0.15, 0.2) is 12.6 Å². The van der Waals surface area contributed by atoms with E-state index >= 15 is 0 Å². The first-order valence-electron chi connectivity index (χ1n) is 6.40. The maximum Gasteiger partial charge on any atom is 0.182 e. The lowest BCUT2D eigenvalue weighted by Gasteiger charge is -1.88. The van der Waals surface area contributed by atoms with Crippen LogP contribution in [0.15, 0.2) is 18.2 Å². The van der Waals surface area contributed by atoms with Crippen molar-refractivity contribution in [2.75, 3.05) is 0 Å². The van der Waals surface area contributed by atoms with Crippen molar-refractivity contribution < 1.29 is 9.59 Å². The molecule has 0 fully saturated rings. The molecule has 0 radical (unpaired) electrons. The molecule has 106 valence electrons. The number of aldehydes is 2. The minimum absolute atomic E-state index is 0.194. The Balaban J connectivity index is 0. The second-order valence-electron chi connectivity index (χ2n) is 2.98. The van der Waals surface area contributed by atoms with Crippen LogP contribution in [0.3, 0.4) is 0 Å². The highest BCUT2D eigenvalue weighted by Crippen LogP contribution is 2.21. The SMILES string of the molecule is CC.CC.Cc1ccc2nc(C)sc2c1.O=CC=O. The van der Waals surface area contributed by atoms with Crippen molar-refractivity contribution in [1.29, 1.82) is 0 Å². The molecule has 4 heteroatoms. The van der Waals surface area contributed by atoms with Gasteiger partial charge in [0.05, 0.1) is 15.2 Å². The molecule has 0 atom stereocenters. The van der Waals surface area contributed by atoms with E-state index in [0.29, 0.717) is 0 Å². The van der Waals surface area contributed by atoms with Crippen molar-refractivity contribution in [2.24, 2.45) is 0 Å².